The van der Waals surface area contributed by atoms with Gasteiger partial charge in [0.15, 0.2) is 0 Å². The van der Waals surface area contributed by atoms with Gasteiger partial charge in [-0.05, 0) is 0 Å². The Labute approximate surface area is 258 Å². The van der Waals surface area contributed by atoms with E-state index in [1.165, 1.54) is 66.8 Å². The van der Waals surface area contributed by atoms with Gasteiger partial charge in [0.25, 0.3) is 0 Å². The van der Waals surface area contributed by atoms with Crippen LogP contribution in [0.25, 0.3) is 34.4 Å². The van der Waals surface area contributed by atoms with Crippen LogP contribution in [0.4, 0.5) is 0 Å². The van der Waals surface area contributed by atoms with Crippen LogP contribution in [0.2, 0.25) is 14.0 Å². The van der Waals surface area contributed by atoms with E-state index in [0.29, 0.717) is 13.3 Å². The molecule has 0 saturated carbocycles. The van der Waals surface area contributed by atoms with Gasteiger partial charge in [-0.15, -0.1) is 0 Å². The molecule has 221 valence electrons. The quantitative estimate of drug-likeness (QED) is 0.173. The number of hydrogen-bond donors (Lipinski definition) is 0. The normalized spacial score (nSPS) is 18.8. The van der Waals surface area contributed by atoms with E-state index in [0.717, 1.165) is 6.42 Å². The van der Waals surface area contributed by atoms with Crippen molar-refractivity contribution in [1.82, 2.24) is 0 Å². The fourth-order valence-electron chi connectivity index (χ4n) is 8.85. The predicted octanol–water partition coefficient (Wildman–Crippen LogP) is 12.3. The van der Waals surface area contributed by atoms with E-state index >= 15 is 0 Å². The molecule has 0 radical (unpaired) electrons. The molecule has 1 heteroatoms. The van der Waals surface area contributed by atoms with Crippen LogP contribution in [0.1, 0.15) is 72.1 Å². The predicted molar refractivity (Wildman–Crippen MR) is 189 cm³/mol. The summed E-state index contributed by atoms with van der Waals surface area (Å²) in [7, 11) is 0. The van der Waals surface area contributed by atoms with Gasteiger partial charge >= 0.3 is 259 Å². The molecule has 0 saturated heterocycles. The van der Waals surface area contributed by atoms with Gasteiger partial charge < -0.3 is 0 Å². The summed E-state index contributed by atoms with van der Waals surface area (Å²) < 4.78 is 12.0. The van der Waals surface area contributed by atoms with Crippen molar-refractivity contribution in [2.75, 3.05) is 0 Å². The van der Waals surface area contributed by atoms with E-state index in [4.69, 9.17) is 0 Å². The van der Waals surface area contributed by atoms with Crippen molar-refractivity contribution in [1.29, 1.82) is 0 Å². The average molecular weight is 732 g/mol. The molecule has 0 spiro atoms. The maximum absolute atomic E-state index is 4.55. The van der Waals surface area contributed by atoms with E-state index in [2.05, 4.69) is 156 Å². The SMILES string of the molecule is Cc1cccc(C)c1-c1cccc2c1C=C[CH]2[Hf]([CH3])([CH3])([CH3])(=[CH]CC(C)C)[CH]1C=Cc2c(-c3c(C)cccc3C)cccc21. The first kappa shape index (κ1) is 30.1. The second kappa shape index (κ2) is 10.1. The van der Waals surface area contributed by atoms with E-state index < -0.39 is 16.5 Å². The van der Waals surface area contributed by atoms with Gasteiger partial charge in [-0.25, -0.2) is 0 Å². The van der Waals surface area contributed by atoms with Gasteiger partial charge in [0.2, 0.25) is 0 Å². The summed E-state index contributed by atoms with van der Waals surface area (Å²) in [5, 5.41) is 0. The van der Waals surface area contributed by atoms with Crippen molar-refractivity contribution in [3.63, 3.8) is 0 Å². The van der Waals surface area contributed by atoms with Crippen LogP contribution < -0.4 is 0 Å². The number of fused-ring (bicyclic) bond motifs is 2. The summed E-state index contributed by atoms with van der Waals surface area (Å²) in [5.74, 6) is 0.626. The summed E-state index contributed by atoms with van der Waals surface area (Å²) in [6.07, 6.45) is 11.3. The van der Waals surface area contributed by atoms with Gasteiger partial charge in [-0.2, -0.15) is 0 Å². The summed E-state index contributed by atoms with van der Waals surface area (Å²) in [5.41, 5.74) is 16.9. The first-order valence-corrected chi connectivity index (χ1v) is 33.3. The van der Waals surface area contributed by atoms with Gasteiger partial charge in [-0.3, -0.25) is 0 Å². The summed E-state index contributed by atoms with van der Waals surface area (Å²) in [6.45, 7) is 13.8. The van der Waals surface area contributed by atoms with Gasteiger partial charge in [0.1, 0.15) is 0 Å². The molecule has 6 rings (SSSR count). The van der Waals surface area contributed by atoms with Crippen LogP contribution in [-0.2, 0) is 16.5 Å². The Kier molecular flexibility index (Phi) is 7.05. The number of benzene rings is 4. The number of allylic oxidation sites excluding steroid dienone is 2. The minimum absolute atomic E-state index is 0.414. The fourth-order valence-corrected chi connectivity index (χ4v) is 34.8. The molecule has 0 aliphatic heterocycles. The van der Waals surface area contributed by atoms with Crippen LogP contribution in [0.5, 0.6) is 0 Å². The van der Waals surface area contributed by atoms with Gasteiger partial charge in [-0.1, -0.05) is 0 Å². The fraction of sp³-hybridized carbons (Fsp3) is 0.310. The molecule has 0 N–H and O–H groups in total. The molecule has 43 heavy (non-hydrogen) atoms. The molecule has 4 aromatic carbocycles. The number of hydrogen-bond acceptors (Lipinski definition) is 0. The monoisotopic (exact) mass is 733 g/mol. The zero-order valence-electron chi connectivity index (χ0n) is 27.8. The van der Waals surface area contributed by atoms with Crippen LogP contribution in [0, 0.1) is 33.6 Å². The Morgan fingerprint density at radius 2 is 0.953 bits per heavy atom. The van der Waals surface area contributed by atoms with E-state index in [-0.39, 0.29) is 0 Å². The zero-order valence-corrected chi connectivity index (χ0v) is 31.3. The molecular formula is C42H49Hf. The zero-order chi connectivity index (χ0) is 30.8. The third-order valence-corrected chi connectivity index (χ3v) is 40.5. The van der Waals surface area contributed by atoms with Crippen LogP contribution in [0.3, 0.4) is 0 Å². The van der Waals surface area contributed by atoms with Gasteiger partial charge in [0.05, 0.1) is 0 Å². The second-order valence-corrected chi connectivity index (χ2v) is 55.2. The van der Waals surface area contributed by atoms with Crippen molar-refractivity contribution in [3.8, 4) is 22.3 Å². The first-order chi connectivity index (χ1) is 20.3. The van der Waals surface area contributed by atoms with Crippen molar-refractivity contribution < 1.29 is 16.5 Å². The van der Waals surface area contributed by atoms with E-state index in [1.54, 1.807) is 0 Å². The molecule has 0 nitrogen and oxygen atoms in total. The topological polar surface area (TPSA) is 0 Å². The number of aryl methyl sites for hydroxylation is 4. The molecular weight excluding hydrogens is 683 g/mol. The Balaban J connectivity index is 1.59. The van der Waals surface area contributed by atoms with Crippen molar-refractivity contribution in [2.24, 2.45) is 5.92 Å². The van der Waals surface area contributed by atoms with Crippen LogP contribution >= 0.6 is 0 Å². The average Bonchev–Trinajstić information content (AvgIpc) is 3.60. The molecule has 0 fully saturated rings. The summed E-state index contributed by atoms with van der Waals surface area (Å²) in [4.78, 5) is 0. The molecule has 2 unspecified atom stereocenters. The molecule has 0 bridgehead atoms. The molecule has 2 atom stereocenters. The molecule has 2 aliphatic rings. The molecule has 0 amide bonds. The maximum atomic E-state index is 2.91. The molecule has 0 aromatic heterocycles. The van der Waals surface area contributed by atoms with Gasteiger partial charge in [0, 0.05) is 0 Å². The van der Waals surface area contributed by atoms with Crippen LogP contribution in [-0.4, -0.2) is 3.76 Å². The summed E-state index contributed by atoms with van der Waals surface area (Å²) >= 11 is -4.55. The third-order valence-electron chi connectivity index (χ3n) is 11.4. The third kappa shape index (κ3) is 4.69. The standard InChI is InChI=1S/2C17H15.C5H10.3CH3.Hf/c2*1-12-6-3-7-13(2)17(12)16-11-5-9-14-8-4-10-15(14)16;1-4-5(2)3;;;;/h2*3-11H,1-2H3;1,5H,4H2,2-3H3;3*1H3;. The number of rotatable bonds is 6. The Morgan fingerprint density at radius 3 is 1.33 bits per heavy atom. The molecule has 4 aromatic rings. The molecule has 2 aliphatic carbocycles. The van der Waals surface area contributed by atoms with Crippen molar-refractivity contribution in [3.05, 3.63) is 129 Å². The van der Waals surface area contributed by atoms with E-state index in [9.17, 15) is 0 Å². The van der Waals surface area contributed by atoms with Crippen LogP contribution in [0.15, 0.2) is 84.9 Å². The second-order valence-electron chi connectivity index (χ2n) is 16.3. The van der Waals surface area contributed by atoms with Crippen molar-refractivity contribution in [2.45, 2.75) is 69.4 Å². The molecule has 0 heterocycles. The summed E-state index contributed by atoms with van der Waals surface area (Å²) in [6, 6.07) is 27.6. The van der Waals surface area contributed by atoms with E-state index in [1.807, 2.05) is 0 Å². The van der Waals surface area contributed by atoms with Crippen molar-refractivity contribution >= 4 is 15.9 Å². The Morgan fingerprint density at radius 1 is 0.581 bits per heavy atom. The minimum atomic E-state index is -4.55. The Bertz CT molecular complexity index is 1750. The first-order valence-electron chi connectivity index (χ1n) is 16.3. The Hall–Kier alpha value is -2.90.